The minimum atomic E-state index is -4.95. The minimum Gasteiger partial charge on any atom is -0.372 e. The molecular weight excluding hydrogens is 570 g/mol. The standard InChI is InChI=1S/C29H33F4N7O3/c1-17-15-39(6-5-38(17)4)24-11-22(30)19(18-12-35-27(36-13-18)40-7-8-43-28(2,3)16-40)9-23(24)37-26(42)20-14-34-25(41)10-21(20)29(31,32)33/h9-14,17H,5-8,15-16H2,1-4H3,(H,34,41)(H,37,42)/t17-/m1/s1. The number of aromatic nitrogens is 3. The molecule has 0 spiro atoms. The molecule has 0 saturated carbocycles. The van der Waals surface area contributed by atoms with E-state index in [4.69, 9.17) is 4.74 Å². The molecule has 1 aromatic carbocycles. The van der Waals surface area contributed by atoms with Gasteiger partial charge < -0.3 is 29.7 Å². The Balaban J connectivity index is 1.52. The summed E-state index contributed by atoms with van der Waals surface area (Å²) in [7, 11) is 1.96. The van der Waals surface area contributed by atoms with Crippen molar-refractivity contribution in [1.82, 2.24) is 19.9 Å². The van der Waals surface area contributed by atoms with Crippen LogP contribution < -0.4 is 20.7 Å². The molecule has 2 saturated heterocycles. The molecule has 2 aliphatic rings. The molecule has 0 unspecified atom stereocenters. The third-order valence-corrected chi connectivity index (χ3v) is 7.77. The molecule has 1 atom stereocenters. The predicted octanol–water partition coefficient (Wildman–Crippen LogP) is 4.00. The number of halogens is 4. The number of alkyl halides is 3. The predicted molar refractivity (Wildman–Crippen MR) is 154 cm³/mol. The molecule has 10 nitrogen and oxygen atoms in total. The summed E-state index contributed by atoms with van der Waals surface area (Å²) in [6.45, 7) is 9.26. The summed E-state index contributed by atoms with van der Waals surface area (Å²) < 4.78 is 62.6. The van der Waals surface area contributed by atoms with Crippen molar-refractivity contribution < 1.29 is 27.1 Å². The SMILES string of the molecule is C[C@@H]1CN(c2cc(F)c(-c3cnc(N4CCOC(C)(C)C4)nc3)cc2NC(=O)c2c[nH]c(=O)cc2C(F)(F)F)CCN1C. The number of morpholine rings is 1. The molecular formula is C29H33F4N7O3. The summed E-state index contributed by atoms with van der Waals surface area (Å²) in [6, 6.07) is 3.07. The van der Waals surface area contributed by atoms with Crippen molar-refractivity contribution in [2.24, 2.45) is 0 Å². The van der Waals surface area contributed by atoms with E-state index in [0.29, 0.717) is 62.6 Å². The number of benzene rings is 1. The maximum Gasteiger partial charge on any atom is 0.417 e. The van der Waals surface area contributed by atoms with Gasteiger partial charge in [0, 0.05) is 74.5 Å². The average Bonchev–Trinajstić information content (AvgIpc) is 2.94. The number of anilines is 3. The van der Waals surface area contributed by atoms with Gasteiger partial charge in [-0.05, 0) is 40.0 Å². The van der Waals surface area contributed by atoms with E-state index in [1.54, 1.807) is 0 Å². The van der Waals surface area contributed by atoms with Crippen molar-refractivity contribution in [1.29, 1.82) is 0 Å². The number of hydrogen-bond donors (Lipinski definition) is 2. The first-order chi connectivity index (χ1) is 20.2. The highest BCUT2D eigenvalue weighted by molar-refractivity contribution is 6.07. The summed E-state index contributed by atoms with van der Waals surface area (Å²) in [4.78, 5) is 41.8. The lowest BCUT2D eigenvalue weighted by Crippen LogP contribution is -2.50. The summed E-state index contributed by atoms with van der Waals surface area (Å²) in [6.07, 6.45) is -1.28. The number of H-pyrrole nitrogens is 1. The average molecular weight is 604 g/mol. The zero-order chi connectivity index (χ0) is 31.1. The number of carbonyl (C=O) groups is 1. The number of likely N-dealkylation sites (N-methyl/N-ethyl adjacent to an activating group) is 1. The number of nitrogens with zero attached hydrogens (tertiary/aromatic N) is 5. The molecule has 2 aromatic heterocycles. The molecule has 3 aromatic rings. The van der Waals surface area contributed by atoms with Gasteiger partial charge in [0.25, 0.3) is 5.91 Å². The van der Waals surface area contributed by atoms with E-state index in [9.17, 15) is 22.8 Å². The molecule has 4 heterocycles. The number of carbonyl (C=O) groups excluding carboxylic acids is 1. The lowest BCUT2D eigenvalue weighted by atomic mass is 10.0. The van der Waals surface area contributed by atoms with Gasteiger partial charge in [0.1, 0.15) is 5.82 Å². The van der Waals surface area contributed by atoms with Gasteiger partial charge in [0.05, 0.1) is 34.7 Å². The zero-order valence-corrected chi connectivity index (χ0v) is 24.3. The number of rotatable bonds is 5. The Kier molecular flexibility index (Phi) is 8.18. The first kappa shape index (κ1) is 30.4. The van der Waals surface area contributed by atoms with Gasteiger partial charge in [-0.15, -0.1) is 0 Å². The second kappa shape index (κ2) is 11.6. The number of amides is 1. The van der Waals surface area contributed by atoms with E-state index >= 15 is 4.39 Å². The molecule has 1 amide bonds. The number of hydrogen-bond acceptors (Lipinski definition) is 8. The van der Waals surface area contributed by atoms with E-state index in [1.807, 2.05) is 37.6 Å². The number of piperazine rings is 1. The third kappa shape index (κ3) is 6.64. The van der Waals surface area contributed by atoms with Crippen LogP contribution in [0.3, 0.4) is 0 Å². The molecule has 43 heavy (non-hydrogen) atoms. The van der Waals surface area contributed by atoms with Gasteiger partial charge in [-0.1, -0.05) is 0 Å². The van der Waals surface area contributed by atoms with Crippen LogP contribution in [-0.4, -0.2) is 83.8 Å². The van der Waals surface area contributed by atoms with Gasteiger partial charge in [-0.2, -0.15) is 13.2 Å². The maximum atomic E-state index is 15.7. The number of pyridine rings is 1. The third-order valence-electron chi connectivity index (χ3n) is 7.77. The fourth-order valence-electron chi connectivity index (χ4n) is 5.31. The van der Waals surface area contributed by atoms with Gasteiger partial charge in [0.15, 0.2) is 0 Å². The monoisotopic (exact) mass is 603 g/mol. The second-order valence-corrected chi connectivity index (χ2v) is 11.5. The molecule has 14 heteroatoms. The van der Waals surface area contributed by atoms with Crippen LogP contribution in [0.1, 0.15) is 36.7 Å². The van der Waals surface area contributed by atoms with Crippen molar-refractivity contribution in [2.45, 2.75) is 38.6 Å². The minimum absolute atomic E-state index is 0.0626. The molecule has 2 N–H and O–H groups in total. The van der Waals surface area contributed by atoms with Crippen molar-refractivity contribution in [3.8, 4) is 11.1 Å². The Morgan fingerprint density at radius 2 is 1.84 bits per heavy atom. The number of nitrogens with one attached hydrogen (secondary N) is 2. The van der Waals surface area contributed by atoms with E-state index in [-0.39, 0.29) is 22.9 Å². The van der Waals surface area contributed by atoms with Crippen LogP contribution in [0, 0.1) is 5.82 Å². The molecule has 0 radical (unpaired) electrons. The van der Waals surface area contributed by atoms with Crippen molar-refractivity contribution in [3.05, 3.63) is 64.1 Å². The van der Waals surface area contributed by atoms with Crippen LogP contribution in [-0.2, 0) is 10.9 Å². The Bertz CT molecular complexity index is 1560. The summed E-state index contributed by atoms with van der Waals surface area (Å²) in [5.74, 6) is -1.26. The zero-order valence-electron chi connectivity index (χ0n) is 24.3. The lowest BCUT2D eigenvalue weighted by molar-refractivity contribution is -0.138. The van der Waals surface area contributed by atoms with Crippen LogP contribution in [0.2, 0.25) is 0 Å². The van der Waals surface area contributed by atoms with Gasteiger partial charge in [-0.3, -0.25) is 9.59 Å². The summed E-state index contributed by atoms with van der Waals surface area (Å²) in [5.41, 5.74) is -2.71. The second-order valence-electron chi connectivity index (χ2n) is 11.5. The van der Waals surface area contributed by atoms with E-state index < -0.39 is 34.6 Å². The van der Waals surface area contributed by atoms with Crippen molar-refractivity contribution >= 4 is 23.2 Å². The van der Waals surface area contributed by atoms with E-state index in [0.717, 1.165) is 6.20 Å². The van der Waals surface area contributed by atoms with Crippen LogP contribution in [0.15, 0.2) is 41.6 Å². The largest absolute Gasteiger partial charge is 0.417 e. The van der Waals surface area contributed by atoms with Gasteiger partial charge in [-0.25, -0.2) is 14.4 Å². The lowest BCUT2D eigenvalue weighted by Gasteiger charge is -2.39. The molecule has 230 valence electrons. The summed E-state index contributed by atoms with van der Waals surface area (Å²) >= 11 is 0. The topological polar surface area (TPSA) is 107 Å². The maximum absolute atomic E-state index is 15.7. The quantitative estimate of drug-likeness (QED) is 0.422. The molecule has 5 rings (SSSR count). The summed E-state index contributed by atoms with van der Waals surface area (Å²) in [5, 5.41) is 2.55. The van der Waals surface area contributed by atoms with E-state index in [1.165, 1.54) is 24.5 Å². The Labute approximate surface area is 245 Å². The molecule has 0 aliphatic carbocycles. The van der Waals surface area contributed by atoms with Gasteiger partial charge >= 0.3 is 6.18 Å². The first-order valence-corrected chi connectivity index (χ1v) is 13.8. The highest BCUT2D eigenvalue weighted by Crippen LogP contribution is 2.37. The Morgan fingerprint density at radius 3 is 2.49 bits per heavy atom. The van der Waals surface area contributed by atoms with Crippen molar-refractivity contribution in [2.75, 3.05) is 61.5 Å². The van der Waals surface area contributed by atoms with E-state index in [2.05, 4.69) is 25.2 Å². The smallest absolute Gasteiger partial charge is 0.372 e. The van der Waals surface area contributed by atoms with Crippen LogP contribution in [0.5, 0.6) is 0 Å². The first-order valence-electron chi connectivity index (χ1n) is 13.8. The Morgan fingerprint density at radius 1 is 1.12 bits per heavy atom. The Hall–Kier alpha value is -4.04. The van der Waals surface area contributed by atoms with Crippen LogP contribution in [0.4, 0.5) is 34.9 Å². The van der Waals surface area contributed by atoms with Crippen LogP contribution >= 0.6 is 0 Å². The highest BCUT2D eigenvalue weighted by atomic mass is 19.4. The van der Waals surface area contributed by atoms with Crippen molar-refractivity contribution in [3.63, 3.8) is 0 Å². The fourth-order valence-corrected chi connectivity index (χ4v) is 5.31. The number of aromatic amines is 1. The molecule has 2 fully saturated rings. The van der Waals surface area contributed by atoms with Gasteiger partial charge in [0.2, 0.25) is 11.5 Å². The number of ether oxygens (including phenoxy) is 1. The molecule has 0 bridgehead atoms. The molecule has 2 aliphatic heterocycles. The highest BCUT2D eigenvalue weighted by Gasteiger charge is 2.36. The van der Waals surface area contributed by atoms with Crippen LogP contribution in [0.25, 0.3) is 11.1 Å². The normalized spacial score (nSPS) is 19.4. The fraction of sp³-hybridized carbons (Fsp3) is 0.448.